The number of aromatic nitrogens is 2. The summed E-state index contributed by atoms with van der Waals surface area (Å²) in [5.41, 5.74) is 1.53. The van der Waals surface area contributed by atoms with Gasteiger partial charge in [-0.3, -0.25) is 14.9 Å². The summed E-state index contributed by atoms with van der Waals surface area (Å²) in [4.78, 5) is 30.9. The molecular weight excluding hydrogens is 336 g/mol. The van der Waals surface area contributed by atoms with E-state index >= 15 is 0 Å². The lowest BCUT2D eigenvalue weighted by Crippen LogP contribution is -2.19. The Bertz CT molecular complexity index is 822. The maximum atomic E-state index is 11.7. The van der Waals surface area contributed by atoms with Crippen molar-refractivity contribution in [3.63, 3.8) is 0 Å². The van der Waals surface area contributed by atoms with Crippen LogP contribution >= 0.6 is 0 Å². The molecule has 0 aliphatic heterocycles. The zero-order valence-corrected chi connectivity index (χ0v) is 14.6. The average molecular weight is 356 g/mol. The molecular formula is C18H20N4O4. The number of rotatable bonds is 5. The average Bonchev–Trinajstić information content (AvgIpc) is 3.09. The highest BCUT2D eigenvalue weighted by Gasteiger charge is 2.30. The molecule has 1 fully saturated rings. The maximum Gasteiger partial charge on any atom is 0.308 e. The van der Waals surface area contributed by atoms with Crippen molar-refractivity contribution in [1.82, 2.24) is 9.97 Å². The van der Waals surface area contributed by atoms with Crippen molar-refractivity contribution < 1.29 is 14.5 Å². The second-order valence-corrected chi connectivity index (χ2v) is 6.40. The molecule has 1 aliphatic carbocycles. The summed E-state index contributed by atoms with van der Waals surface area (Å²) in [5.74, 6) is 0.945. The number of nitro groups is 1. The van der Waals surface area contributed by atoms with Gasteiger partial charge >= 0.3 is 5.97 Å². The van der Waals surface area contributed by atoms with Gasteiger partial charge < -0.3 is 10.1 Å². The minimum Gasteiger partial charge on any atom is -0.469 e. The number of nitro benzene ring substituents is 1. The lowest BCUT2D eigenvalue weighted by molar-refractivity contribution is -0.384. The van der Waals surface area contributed by atoms with Crippen LogP contribution in [0.5, 0.6) is 0 Å². The predicted octanol–water partition coefficient (Wildman–Crippen LogP) is 3.11. The van der Waals surface area contributed by atoms with Crippen molar-refractivity contribution >= 4 is 17.5 Å². The van der Waals surface area contributed by atoms with Crippen LogP contribution < -0.4 is 5.32 Å². The van der Waals surface area contributed by atoms with Crippen molar-refractivity contribution in [3.8, 4) is 11.4 Å². The molecule has 136 valence electrons. The molecule has 0 unspecified atom stereocenters. The Morgan fingerprint density at radius 1 is 1.27 bits per heavy atom. The first kappa shape index (κ1) is 17.8. The van der Waals surface area contributed by atoms with Crippen molar-refractivity contribution in [2.75, 3.05) is 12.4 Å². The molecule has 3 rings (SSSR count). The number of aryl methyl sites for hydroxylation is 1. The van der Waals surface area contributed by atoms with Gasteiger partial charge in [-0.1, -0.05) is 0 Å². The summed E-state index contributed by atoms with van der Waals surface area (Å²) in [6, 6.07) is 8.15. The number of esters is 1. The molecule has 1 saturated carbocycles. The van der Waals surface area contributed by atoms with E-state index in [0.717, 1.165) is 18.5 Å². The summed E-state index contributed by atoms with van der Waals surface area (Å²) in [6.07, 6.45) is 2.38. The Labute approximate surface area is 150 Å². The van der Waals surface area contributed by atoms with Gasteiger partial charge in [0.2, 0.25) is 0 Å². The normalized spacial score (nSPS) is 19.2. The molecule has 8 nitrogen and oxygen atoms in total. The van der Waals surface area contributed by atoms with E-state index in [4.69, 9.17) is 4.74 Å². The summed E-state index contributed by atoms with van der Waals surface area (Å²) >= 11 is 0. The van der Waals surface area contributed by atoms with Crippen LogP contribution in [-0.2, 0) is 9.53 Å². The minimum atomic E-state index is -0.439. The lowest BCUT2D eigenvalue weighted by Gasteiger charge is -2.14. The Balaban J connectivity index is 1.76. The van der Waals surface area contributed by atoms with Crippen molar-refractivity contribution in [2.24, 2.45) is 5.92 Å². The highest BCUT2D eigenvalue weighted by molar-refractivity contribution is 5.72. The van der Waals surface area contributed by atoms with E-state index in [1.807, 2.05) is 13.0 Å². The molecule has 0 radical (unpaired) electrons. The first-order valence-corrected chi connectivity index (χ1v) is 8.41. The van der Waals surface area contributed by atoms with E-state index in [0.29, 0.717) is 23.6 Å². The second kappa shape index (κ2) is 7.47. The molecule has 1 aromatic heterocycles. The zero-order valence-electron chi connectivity index (χ0n) is 14.6. The van der Waals surface area contributed by atoms with Crippen LogP contribution in [-0.4, -0.2) is 34.0 Å². The Morgan fingerprint density at radius 3 is 2.65 bits per heavy atom. The molecule has 1 heterocycles. The number of non-ortho nitro benzene ring substituents is 1. The van der Waals surface area contributed by atoms with Gasteiger partial charge in [-0.2, -0.15) is 0 Å². The largest absolute Gasteiger partial charge is 0.469 e. The zero-order chi connectivity index (χ0) is 18.7. The third kappa shape index (κ3) is 3.96. The fourth-order valence-electron chi connectivity index (χ4n) is 3.21. The van der Waals surface area contributed by atoms with E-state index in [9.17, 15) is 14.9 Å². The Hall–Kier alpha value is -3.03. The summed E-state index contributed by atoms with van der Waals surface area (Å²) in [7, 11) is 1.41. The first-order chi connectivity index (χ1) is 12.5. The molecule has 0 spiro atoms. The fraction of sp³-hybridized carbons (Fsp3) is 0.389. The maximum absolute atomic E-state index is 11.7. The summed E-state index contributed by atoms with van der Waals surface area (Å²) in [5, 5.41) is 14.1. The highest BCUT2D eigenvalue weighted by atomic mass is 16.6. The molecule has 0 bridgehead atoms. The third-order valence-electron chi connectivity index (χ3n) is 4.51. The monoisotopic (exact) mass is 356 g/mol. The predicted molar refractivity (Wildman–Crippen MR) is 95.6 cm³/mol. The van der Waals surface area contributed by atoms with Crippen LogP contribution in [0, 0.1) is 23.0 Å². The van der Waals surface area contributed by atoms with E-state index in [2.05, 4.69) is 15.3 Å². The smallest absolute Gasteiger partial charge is 0.308 e. The number of carbonyl (C=O) groups excluding carboxylic acids is 1. The van der Waals surface area contributed by atoms with Crippen molar-refractivity contribution in [1.29, 1.82) is 0 Å². The molecule has 0 amide bonds. The molecule has 1 N–H and O–H groups in total. The quantitative estimate of drug-likeness (QED) is 0.498. The van der Waals surface area contributed by atoms with Crippen LogP contribution in [0.15, 0.2) is 30.3 Å². The molecule has 2 atom stereocenters. The topological polar surface area (TPSA) is 107 Å². The number of carbonyl (C=O) groups is 1. The molecule has 0 saturated heterocycles. The van der Waals surface area contributed by atoms with Crippen LogP contribution in [0.3, 0.4) is 0 Å². The van der Waals surface area contributed by atoms with Gasteiger partial charge in [-0.15, -0.1) is 0 Å². The van der Waals surface area contributed by atoms with Crippen LogP contribution in [0.1, 0.15) is 25.0 Å². The Morgan fingerprint density at radius 2 is 2.00 bits per heavy atom. The van der Waals surface area contributed by atoms with Gasteiger partial charge in [0.05, 0.1) is 18.0 Å². The number of ether oxygens (including phenoxy) is 1. The number of nitrogens with one attached hydrogen (secondary N) is 1. The number of nitrogens with zero attached hydrogens (tertiary/aromatic N) is 3. The second-order valence-electron chi connectivity index (χ2n) is 6.40. The van der Waals surface area contributed by atoms with Crippen molar-refractivity contribution in [3.05, 3.63) is 46.1 Å². The van der Waals surface area contributed by atoms with E-state index in [1.165, 1.54) is 19.2 Å². The highest BCUT2D eigenvalue weighted by Crippen LogP contribution is 2.29. The molecule has 2 aromatic rings. The SMILES string of the molecule is COC(=O)[C@H]1CC[C@@H](Nc2cc(C)nc(-c3ccc([N+](=O)[O-])cc3)n2)C1. The van der Waals surface area contributed by atoms with Gasteiger partial charge in [0, 0.05) is 35.5 Å². The number of hydrogen-bond donors (Lipinski definition) is 1. The lowest BCUT2D eigenvalue weighted by atomic mass is 10.1. The van der Waals surface area contributed by atoms with Crippen LogP contribution in [0.25, 0.3) is 11.4 Å². The molecule has 26 heavy (non-hydrogen) atoms. The summed E-state index contributed by atoms with van der Waals surface area (Å²) < 4.78 is 4.81. The van der Waals surface area contributed by atoms with E-state index < -0.39 is 4.92 Å². The standard InChI is InChI=1S/C18H20N4O4/c1-11-9-16(20-14-6-3-13(10-14)18(23)26-2)21-17(19-11)12-4-7-15(8-5-12)22(24)25/h4-5,7-9,13-14H,3,6,10H2,1-2H3,(H,19,20,21)/t13-,14+/m0/s1. The Kier molecular flexibility index (Phi) is 5.11. The molecule has 8 heteroatoms. The number of hydrogen-bond acceptors (Lipinski definition) is 7. The van der Waals surface area contributed by atoms with E-state index in [1.54, 1.807) is 12.1 Å². The first-order valence-electron chi connectivity index (χ1n) is 8.41. The van der Waals surface area contributed by atoms with Crippen LogP contribution in [0.4, 0.5) is 11.5 Å². The van der Waals surface area contributed by atoms with Gasteiger partial charge in [0.15, 0.2) is 5.82 Å². The number of methoxy groups -OCH3 is 1. The summed E-state index contributed by atoms with van der Waals surface area (Å²) in [6.45, 7) is 1.87. The van der Waals surface area contributed by atoms with Gasteiger partial charge in [-0.25, -0.2) is 9.97 Å². The van der Waals surface area contributed by atoms with Gasteiger partial charge in [0.25, 0.3) is 5.69 Å². The fourth-order valence-corrected chi connectivity index (χ4v) is 3.21. The van der Waals surface area contributed by atoms with Gasteiger partial charge in [0.1, 0.15) is 5.82 Å². The number of anilines is 1. The van der Waals surface area contributed by atoms with Gasteiger partial charge in [-0.05, 0) is 38.3 Å². The third-order valence-corrected chi connectivity index (χ3v) is 4.51. The van der Waals surface area contributed by atoms with E-state index in [-0.39, 0.29) is 23.6 Å². The number of benzene rings is 1. The molecule has 1 aliphatic rings. The van der Waals surface area contributed by atoms with Crippen molar-refractivity contribution in [2.45, 2.75) is 32.2 Å². The molecule has 1 aromatic carbocycles. The van der Waals surface area contributed by atoms with Crippen LogP contribution in [0.2, 0.25) is 0 Å². The minimum absolute atomic E-state index is 0.0274.